The molecule has 1 amide bonds. The number of rotatable bonds is 7. The van der Waals surface area contributed by atoms with Crippen LogP contribution in [-0.4, -0.2) is 32.8 Å². The molecule has 0 spiro atoms. The minimum Gasteiger partial charge on any atom is -0.496 e. The average Bonchev–Trinajstić information content (AvgIpc) is 3.28. The number of amides is 1. The second-order valence-corrected chi connectivity index (χ2v) is 6.84. The molecule has 0 aliphatic carbocycles. The van der Waals surface area contributed by atoms with Crippen molar-refractivity contribution in [2.45, 2.75) is 33.2 Å². The summed E-state index contributed by atoms with van der Waals surface area (Å²) >= 11 is 1.43. The summed E-state index contributed by atoms with van der Waals surface area (Å²) in [4.78, 5) is 20.5. The van der Waals surface area contributed by atoms with Crippen LogP contribution in [0.2, 0.25) is 0 Å². The number of carbonyl (C=O) groups is 1. The molecule has 0 radical (unpaired) electrons. The number of methoxy groups -OCH3 is 1. The van der Waals surface area contributed by atoms with Gasteiger partial charge in [-0.15, -0.1) is 11.3 Å². The number of anilines is 1. The lowest BCUT2D eigenvalue weighted by atomic mass is 10.0. The molecule has 26 heavy (non-hydrogen) atoms. The molecule has 0 saturated carbocycles. The summed E-state index contributed by atoms with van der Waals surface area (Å²) in [6.45, 7) is 4.70. The second kappa shape index (κ2) is 8.09. The Morgan fingerprint density at radius 1 is 1.31 bits per heavy atom. The molecule has 0 aliphatic rings. The number of aryl methyl sites for hydroxylation is 3. The molecule has 0 bridgehead atoms. The third-order valence-electron chi connectivity index (χ3n) is 4.03. The van der Waals surface area contributed by atoms with E-state index < -0.39 is 0 Å². The van der Waals surface area contributed by atoms with Gasteiger partial charge in [-0.05, 0) is 43.5 Å². The first-order valence-corrected chi connectivity index (χ1v) is 9.18. The Labute approximate surface area is 156 Å². The van der Waals surface area contributed by atoms with Gasteiger partial charge in [0, 0.05) is 23.9 Å². The molecule has 3 rings (SSSR count). The van der Waals surface area contributed by atoms with Crippen LogP contribution in [0.15, 0.2) is 30.2 Å². The van der Waals surface area contributed by atoms with E-state index in [4.69, 9.17) is 4.74 Å². The van der Waals surface area contributed by atoms with E-state index in [1.54, 1.807) is 18.1 Å². The Morgan fingerprint density at radius 2 is 2.15 bits per heavy atom. The fourth-order valence-electron chi connectivity index (χ4n) is 2.67. The summed E-state index contributed by atoms with van der Waals surface area (Å²) in [6, 6.07) is 4.07. The van der Waals surface area contributed by atoms with E-state index in [2.05, 4.69) is 26.4 Å². The van der Waals surface area contributed by atoms with Crippen LogP contribution in [0.5, 0.6) is 5.75 Å². The molecule has 3 aromatic rings. The number of benzene rings is 1. The molecule has 0 fully saturated rings. The molecule has 0 unspecified atom stereocenters. The smallest absolute Gasteiger partial charge is 0.226 e. The number of carbonyl (C=O) groups excluding carboxylic acids is 1. The first-order valence-electron chi connectivity index (χ1n) is 8.30. The minimum atomic E-state index is -0.0475. The highest BCUT2D eigenvalue weighted by Gasteiger charge is 2.12. The van der Waals surface area contributed by atoms with Crippen LogP contribution in [0.4, 0.5) is 5.13 Å². The van der Waals surface area contributed by atoms with Crippen LogP contribution in [0, 0.1) is 13.8 Å². The Bertz CT molecular complexity index is 889. The van der Waals surface area contributed by atoms with Gasteiger partial charge in [-0.3, -0.25) is 9.48 Å². The van der Waals surface area contributed by atoms with Gasteiger partial charge in [-0.25, -0.2) is 9.97 Å². The fourth-order valence-corrected chi connectivity index (χ4v) is 3.40. The normalized spacial score (nSPS) is 10.7. The van der Waals surface area contributed by atoms with Crippen molar-refractivity contribution < 1.29 is 9.53 Å². The highest BCUT2D eigenvalue weighted by molar-refractivity contribution is 7.14. The maximum atomic E-state index is 12.1. The lowest BCUT2D eigenvalue weighted by Gasteiger charge is -2.09. The number of thiazole rings is 1. The molecule has 0 atom stereocenters. The zero-order valence-electron chi connectivity index (χ0n) is 15.0. The number of nitrogens with zero attached hydrogens (tertiary/aromatic N) is 4. The van der Waals surface area contributed by atoms with Gasteiger partial charge >= 0.3 is 0 Å². The van der Waals surface area contributed by atoms with E-state index >= 15 is 0 Å². The summed E-state index contributed by atoms with van der Waals surface area (Å²) < 4.78 is 7.07. The average molecular weight is 371 g/mol. The van der Waals surface area contributed by atoms with Crippen LogP contribution in [0.3, 0.4) is 0 Å². The summed E-state index contributed by atoms with van der Waals surface area (Å²) in [7, 11) is 1.67. The van der Waals surface area contributed by atoms with Gasteiger partial charge in [0.05, 0.1) is 12.8 Å². The number of aromatic nitrogens is 4. The van der Waals surface area contributed by atoms with Crippen LogP contribution >= 0.6 is 11.3 Å². The van der Waals surface area contributed by atoms with Gasteiger partial charge < -0.3 is 10.1 Å². The number of hydrogen-bond donors (Lipinski definition) is 1. The molecule has 1 N–H and O–H groups in total. The van der Waals surface area contributed by atoms with Crippen molar-refractivity contribution in [2.75, 3.05) is 12.4 Å². The van der Waals surface area contributed by atoms with Crippen molar-refractivity contribution in [3.8, 4) is 17.0 Å². The molecule has 2 aromatic heterocycles. The van der Waals surface area contributed by atoms with E-state index in [1.807, 2.05) is 25.3 Å². The van der Waals surface area contributed by atoms with Gasteiger partial charge in [0.1, 0.15) is 18.4 Å². The van der Waals surface area contributed by atoms with Crippen LogP contribution in [-0.2, 0) is 11.3 Å². The van der Waals surface area contributed by atoms with Gasteiger partial charge in [0.25, 0.3) is 0 Å². The zero-order chi connectivity index (χ0) is 18.5. The Balaban J connectivity index is 1.61. The maximum absolute atomic E-state index is 12.1. The van der Waals surface area contributed by atoms with Crippen molar-refractivity contribution in [3.63, 3.8) is 0 Å². The summed E-state index contributed by atoms with van der Waals surface area (Å²) in [5.41, 5.74) is 4.05. The Hall–Kier alpha value is -2.74. The third kappa shape index (κ3) is 4.26. The molecule has 1 aromatic carbocycles. The maximum Gasteiger partial charge on any atom is 0.226 e. The van der Waals surface area contributed by atoms with E-state index in [-0.39, 0.29) is 5.91 Å². The number of hydrogen-bond acceptors (Lipinski definition) is 6. The lowest BCUT2D eigenvalue weighted by Crippen LogP contribution is -2.12. The molecule has 0 aliphatic heterocycles. The SMILES string of the molecule is COc1cc(C)c(-c2csc(NC(=O)CCCn3cncn3)n2)cc1C. The van der Waals surface area contributed by atoms with E-state index in [1.165, 1.54) is 17.7 Å². The van der Waals surface area contributed by atoms with E-state index in [9.17, 15) is 4.79 Å². The topological polar surface area (TPSA) is 81.9 Å². The molecule has 7 nitrogen and oxygen atoms in total. The summed E-state index contributed by atoms with van der Waals surface area (Å²) in [6.07, 6.45) is 4.24. The standard InChI is InChI=1S/C18H21N5O2S/c1-12-8-16(25-3)13(2)7-14(12)15-9-26-18(21-15)22-17(24)5-4-6-23-11-19-10-20-23/h7-11H,4-6H2,1-3H3,(H,21,22,24). The number of nitrogens with one attached hydrogen (secondary N) is 1. The lowest BCUT2D eigenvalue weighted by molar-refractivity contribution is -0.116. The van der Waals surface area contributed by atoms with Crippen molar-refractivity contribution in [1.82, 2.24) is 19.7 Å². The first kappa shape index (κ1) is 18.1. The molecule has 0 saturated heterocycles. The van der Waals surface area contributed by atoms with Gasteiger partial charge in [-0.1, -0.05) is 0 Å². The molecule has 8 heteroatoms. The Morgan fingerprint density at radius 3 is 2.88 bits per heavy atom. The second-order valence-electron chi connectivity index (χ2n) is 5.98. The zero-order valence-corrected chi connectivity index (χ0v) is 15.8. The fraction of sp³-hybridized carbons (Fsp3) is 0.333. The summed E-state index contributed by atoms with van der Waals surface area (Å²) in [5, 5.41) is 9.45. The van der Waals surface area contributed by atoms with Gasteiger partial charge in [0.2, 0.25) is 5.91 Å². The predicted molar refractivity (Wildman–Crippen MR) is 101 cm³/mol. The first-order chi connectivity index (χ1) is 12.6. The largest absolute Gasteiger partial charge is 0.496 e. The van der Waals surface area contributed by atoms with Crippen molar-refractivity contribution in [2.24, 2.45) is 0 Å². The third-order valence-corrected chi connectivity index (χ3v) is 4.78. The van der Waals surface area contributed by atoms with Crippen LogP contribution in [0.25, 0.3) is 11.3 Å². The molecular weight excluding hydrogens is 350 g/mol. The van der Waals surface area contributed by atoms with Crippen molar-refractivity contribution in [1.29, 1.82) is 0 Å². The van der Waals surface area contributed by atoms with E-state index in [0.717, 1.165) is 28.1 Å². The predicted octanol–water partition coefficient (Wildman–Crippen LogP) is 3.45. The molecule has 2 heterocycles. The quantitative estimate of drug-likeness (QED) is 0.688. The highest BCUT2D eigenvalue weighted by atomic mass is 32.1. The molecular formula is C18H21N5O2S. The summed E-state index contributed by atoms with van der Waals surface area (Å²) in [5.74, 6) is 0.816. The Kier molecular flexibility index (Phi) is 5.62. The van der Waals surface area contributed by atoms with Crippen LogP contribution < -0.4 is 10.1 Å². The highest BCUT2D eigenvalue weighted by Crippen LogP contribution is 2.32. The number of ether oxygens (including phenoxy) is 1. The minimum absolute atomic E-state index is 0.0475. The van der Waals surface area contributed by atoms with E-state index in [0.29, 0.717) is 24.5 Å². The van der Waals surface area contributed by atoms with Crippen molar-refractivity contribution >= 4 is 22.4 Å². The van der Waals surface area contributed by atoms with Crippen LogP contribution in [0.1, 0.15) is 24.0 Å². The van der Waals surface area contributed by atoms with Crippen molar-refractivity contribution in [3.05, 3.63) is 41.3 Å². The van der Waals surface area contributed by atoms with Gasteiger partial charge in [0.15, 0.2) is 5.13 Å². The molecule has 136 valence electrons. The van der Waals surface area contributed by atoms with Gasteiger partial charge in [-0.2, -0.15) is 5.10 Å². The monoisotopic (exact) mass is 371 g/mol.